The molecule has 2 fully saturated rings. The van der Waals surface area contributed by atoms with E-state index < -0.39 is 0 Å². The summed E-state index contributed by atoms with van der Waals surface area (Å²) in [5.41, 5.74) is 14.9. The van der Waals surface area contributed by atoms with E-state index in [1.807, 2.05) is 0 Å². The van der Waals surface area contributed by atoms with Gasteiger partial charge in [-0.2, -0.15) is 0 Å². The molecule has 228 valence electrons. The van der Waals surface area contributed by atoms with Crippen molar-refractivity contribution < 1.29 is 4.79 Å². The molecule has 0 aliphatic heterocycles. The van der Waals surface area contributed by atoms with Crippen LogP contribution < -0.4 is 11.1 Å². The summed E-state index contributed by atoms with van der Waals surface area (Å²) in [6.45, 7) is 5.39. The zero-order valence-corrected chi connectivity index (χ0v) is 26.7. The Labute approximate surface area is 263 Å². The van der Waals surface area contributed by atoms with Gasteiger partial charge in [-0.15, -0.1) is 12.4 Å². The van der Waals surface area contributed by atoms with Crippen LogP contribution in [0.3, 0.4) is 0 Å². The highest BCUT2D eigenvalue weighted by molar-refractivity contribution is 5.91. The van der Waals surface area contributed by atoms with Crippen molar-refractivity contribution in [1.29, 1.82) is 0 Å². The van der Waals surface area contributed by atoms with E-state index in [2.05, 4.69) is 96.7 Å². The van der Waals surface area contributed by atoms with Crippen molar-refractivity contribution in [1.82, 2.24) is 9.88 Å². The van der Waals surface area contributed by atoms with Crippen molar-refractivity contribution >= 4 is 29.2 Å². The fourth-order valence-electron chi connectivity index (χ4n) is 7.50. The van der Waals surface area contributed by atoms with Crippen molar-refractivity contribution in [3.8, 4) is 11.1 Å². The molecule has 1 unspecified atom stereocenters. The predicted octanol–water partition coefficient (Wildman–Crippen LogP) is 8.84. The van der Waals surface area contributed by atoms with Crippen molar-refractivity contribution in [3.05, 3.63) is 95.2 Å². The molecule has 2 saturated carbocycles. The van der Waals surface area contributed by atoms with Gasteiger partial charge in [0.2, 0.25) is 5.91 Å². The molecule has 5 heteroatoms. The second-order valence-corrected chi connectivity index (χ2v) is 13.1. The maximum absolute atomic E-state index is 13.7. The van der Waals surface area contributed by atoms with Crippen molar-refractivity contribution in [3.63, 3.8) is 0 Å². The molecule has 2 aliphatic rings. The minimum absolute atomic E-state index is 0. The molecule has 0 radical (unpaired) electrons. The summed E-state index contributed by atoms with van der Waals surface area (Å²) in [5.74, 6) is 0.847. The summed E-state index contributed by atoms with van der Waals surface area (Å²) in [6, 6.07) is 24.9. The molecule has 4 nitrogen and oxygen atoms in total. The molecule has 1 aromatic heterocycles. The number of nitrogens with one attached hydrogen (secondary N) is 1. The number of halogens is 1. The molecule has 3 aromatic carbocycles. The normalized spacial score (nSPS) is 20.0. The Hall–Kier alpha value is -3.08. The fourth-order valence-corrected chi connectivity index (χ4v) is 7.50. The van der Waals surface area contributed by atoms with Crippen LogP contribution in [-0.4, -0.2) is 22.6 Å². The maximum Gasteiger partial charge on any atom is 0.221 e. The monoisotopic (exact) mass is 597 g/mol. The molecular formula is C38H48ClN3O. The SMILES string of the molecule is Cc1cccc(C(CC(=O)NC2CCC(N)CC2)c2cn(CC3CCCCC3)c3ccc(-c4ccccc4C)cc23)c1.Cl. The van der Waals surface area contributed by atoms with Crippen LogP contribution in [0.4, 0.5) is 0 Å². The lowest BCUT2D eigenvalue weighted by atomic mass is 9.86. The molecule has 0 spiro atoms. The van der Waals surface area contributed by atoms with Gasteiger partial charge in [0.05, 0.1) is 0 Å². The summed E-state index contributed by atoms with van der Waals surface area (Å²) in [7, 11) is 0. The fraction of sp³-hybridized carbons (Fsp3) is 0.447. The van der Waals surface area contributed by atoms with Crippen LogP contribution in [0.1, 0.15) is 92.4 Å². The zero-order chi connectivity index (χ0) is 29.1. The number of nitrogens with zero attached hydrogens (tertiary/aromatic N) is 1. The number of amides is 1. The summed E-state index contributed by atoms with van der Waals surface area (Å²) in [6.07, 6.45) is 13.4. The second-order valence-electron chi connectivity index (χ2n) is 13.1. The van der Waals surface area contributed by atoms with Crippen molar-refractivity contribution in [2.45, 2.75) is 103 Å². The molecular weight excluding hydrogens is 550 g/mol. The number of fused-ring (bicyclic) bond motifs is 1. The van der Waals surface area contributed by atoms with E-state index in [0.717, 1.165) is 38.1 Å². The Balaban J connectivity index is 0.00000368. The smallest absolute Gasteiger partial charge is 0.221 e. The number of aromatic nitrogens is 1. The summed E-state index contributed by atoms with van der Waals surface area (Å²) in [4.78, 5) is 13.7. The van der Waals surface area contributed by atoms with Gasteiger partial charge in [-0.1, -0.05) is 79.4 Å². The van der Waals surface area contributed by atoms with E-state index in [0.29, 0.717) is 6.42 Å². The number of benzene rings is 3. The third-order valence-electron chi connectivity index (χ3n) is 9.89. The Kier molecular flexibility index (Phi) is 10.3. The van der Waals surface area contributed by atoms with Crippen LogP contribution >= 0.6 is 12.4 Å². The number of nitrogens with two attached hydrogens (primary N) is 1. The molecule has 4 aromatic rings. The maximum atomic E-state index is 13.7. The van der Waals surface area contributed by atoms with Crippen LogP contribution in [0, 0.1) is 19.8 Å². The standard InChI is InChI=1S/C38H47N3O.ClH/c1-26-9-8-13-29(21-26)34(23-38(42)40-32-18-16-31(39)17-19-32)36-25-41(24-28-11-4-3-5-12-28)37-20-15-30(22-35(36)37)33-14-7-6-10-27(33)2;/h6-10,13-15,20-22,25,28,31-32,34H,3-5,11-12,16-19,23-24,39H2,1-2H3,(H,40,42);1H. The first-order chi connectivity index (χ1) is 20.4. The second kappa shape index (κ2) is 14.1. The van der Waals surface area contributed by atoms with E-state index in [9.17, 15) is 4.79 Å². The molecule has 1 heterocycles. The van der Waals surface area contributed by atoms with Gasteiger partial charge < -0.3 is 15.6 Å². The van der Waals surface area contributed by atoms with Gasteiger partial charge in [0, 0.05) is 48.1 Å². The molecule has 2 aliphatic carbocycles. The molecule has 1 amide bonds. The molecule has 43 heavy (non-hydrogen) atoms. The van der Waals surface area contributed by atoms with Crippen LogP contribution in [-0.2, 0) is 11.3 Å². The Morgan fingerprint density at radius 3 is 2.42 bits per heavy atom. The average molecular weight is 598 g/mol. The summed E-state index contributed by atoms with van der Waals surface area (Å²) < 4.78 is 2.51. The van der Waals surface area contributed by atoms with E-state index in [1.54, 1.807) is 0 Å². The minimum Gasteiger partial charge on any atom is -0.353 e. The first kappa shape index (κ1) is 31.3. The third kappa shape index (κ3) is 7.36. The number of aryl methyl sites for hydroxylation is 2. The number of rotatable bonds is 8. The quantitative estimate of drug-likeness (QED) is 0.213. The van der Waals surface area contributed by atoms with E-state index in [-0.39, 0.29) is 36.3 Å². The van der Waals surface area contributed by atoms with Gasteiger partial charge >= 0.3 is 0 Å². The van der Waals surface area contributed by atoms with Crippen LogP contribution in [0.5, 0.6) is 0 Å². The third-order valence-corrected chi connectivity index (χ3v) is 9.89. The molecule has 0 saturated heterocycles. The summed E-state index contributed by atoms with van der Waals surface area (Å²) in [5, 5.41) is 4.66. The van der Waals surface area contributed by atoms with Gasteiger partial charge in [0.25, 0.3) is 0 Å². The largest absolute Gasteiger partial charge is 0.353 e. The first-order valence-electron chi connectivity index (χ1n) is 16.2. The minimum atomic E-state index is -0.0158. The number of carbonyl (C=O) groups excluding carboxylic acids is 1. The van der Waals surface area contributed by atoms with Gasteiger partial charge in [-0.25, -0.2) is 0 Å². The van der Waals surface area contributed by atoms with E-state index in [4.69, 9.17) is 5.73 Å². The van der Waals surface area contributed by atoms with Gasteiger partial charge in [-0.05, 0) is 98.2 Å². The van der Waals surface area contributed by atoms with Gasteiger partial charge in [-0.3, -0.25) is 4.79 Å². The van der Waals surface area contributed by atoms with Gasteiger partial charge in [0.1, 0.15) is 0 Å². The first-order valence-corrected chi connectivity index (χ1v) is 16.2. The lowest BCUT2D eigenvalue weighted by Gasteiger charge is -2.27. The Morgan fingerprint density at radius 2 is 1.67 bits per heavy atom. The van der Waals surface area contributed by atoms with E-state index >= 15 is 0 Å². The van der Waals surface area contributed by atoms with Crippen LogP contribution in [0.25, 0.3) is 22.0 Å². The molecule has 0 bridgehead atoms. The highest BCUT2D eigenvalue weighted by Gasteiger charge is 2.27. The lowest BCUT2D eigenvalue weighted by Crippen LogP contribution is -2.40. The highest BCUT2D eigenvalue weighted by Crippen LogP contribution is 2.39. The van der Waals surface area contributed by atoms with Gasteiger partial charge in [0.15, 0.2) is 0 Å². The van der Waals surface area contributed by atoms with Crippen molar-refractivity contribution in [2.75, 3.05) is 0 Å². The molecule has 6 rings (SSSR count). The topological polar surface area (TPSA) is 60.1 Å². The molecule has 1 atom stereocenters. The van der Waals surface area contributed by atoms with Crippen molar-refractivity contribution in [2.24, 2.45) is 11.7 Å². The Morgan fingerprint density at radius 1 is 0.907 bits per heavy atom. The zero-order valence-electron chi connectivity index (χ0n) is 25.9. The lowest BCUT2D eigenvalue weighted by molar-refractivity contribution is -0.122. The average Bonchev–Trinajstić information content (AvgIpc) is 3.35. The predicted molar refractivity (Wildman–Crippen MR) is 182 cm³/mol. The van der Waals surface area contributed by atoms with Crippen LogP contribution in [0.2, 0.25) is 0 Å². The number of carbonyl (C=O) groups is 1. The summed E-state index contributed by atoms with van der Waals surface area (Å²) >= 11 is 0. The van der Waals surface area contributed by atoms with E-state index in [1.165, 1.54) is 76.4 Å². The van der Waals surface area contributed by atoms with Crippen LogP contribution in [0.15, 0.2) is 72.9 Å². The number of hydrogen-bond acceptors (Lipinski definition) is 2. The molecule has 3 N–H and O–H groups in total. The number of hydrogen-bond donors (Lipinski definition) is 2. The highest BCUT2D eigenvalue weighted by atomic mass is 35.5. The Bertz CT molecular complexity index is 1530.